The number of esters is 1. The van der Waals surface area contributed by atoms with Crippen LogP contribution in [0.4, 0.5) is 11.8 Å². The molecule has 4 rings (SSSR count). The molecule has 0 fully saturated rings. The van der Waals surface area contributed by atoms with E-state index >= 15 is 0 Å². The lowest BCUT2D eigenvalue weighted by Gasteiger charge is -2.23. The summed E-state index contributed by atoms with van der Waals surface area (Å²) in [6.45, 7) is 3.04. The fourth-order valence-electron chi connectivity index (χ4n) is 3.97. The van der Waals surface area contributed by atoms with Gasteiger partial charge in [-0.2, -0.15) is 0 Å². The van der Waals surface area contributed by atoms with E-state index in [0.717, 1.165) is 0 Å². The van der Waals surface area contributed by atoms with E-state index in [0.29, 0.717) is 11.1 Å². The van der Waals surface area contributed by atoms with E-state index in [-0.39, 0.29) is 55.7 Å². The highest BCUT2D eigenvalue weighted by molar-refractivity contribution is 7.51. The van der Waals surface area contributed by atoms with Crippen LogP contribution in [0.5, 0.6) is 11.5 Å². The maximum absolute atomic E-state index is 13.0. The van der Waals surface area contributed by atoms with Crippen molar-refractivity contribution >= 4 is 39.2 Å². The summed E-state index contributed by atoms with van der Waals surface area (Å²) in [5.41, 5.74) is 1.25. The van der Waals surface area contributed by atoms with Crippen LogP contribution in [0.2, 0.25) is 0 Å². The fraction of sp³-hybridized carbons (Fsp3) is 0.273. The molecular formula is C33H38N4O16P2. The molecule has 0 radical (unpaired) electrons. The molecule has 0 spiro atoms. The fourth-order valence-corrected chi connectivity index (χ4v) is 6.22. The highest BCUT2D eigenvalue weighted by atomic mass is 31.2. The van der Waals surface area contributed by atoms with E-state index in [2.05, 4.69) is 6.58 Å². The number of hydrogen-bond donors (Lipinski definition) is 1. The van der Waals surface area contributed by atoms with Gasteiger partial charge in [-0.3, -0.25) is 38.9 Å². The minimum atomic E-state index is -3.75. The lowest BCUT2D eigenvalue weighted by molar-refractivity contribution is -0.402. The number of nitro groups is 2. The average molecular weight is 809 g/mol. The summed E-state index contributed by atoms with van der Waals surface area (Å²) in [6.07, 6.45) is 1.42. The van der Waals surface area contributed by atoms with Gasteiger partial charge in [0.2, 0.25) is 0 Å². The summed E-state index contributed by atoms with van der Waals surface area (Å²) in [7, 11) is -1.50. The quantitative estimate of drug-likeness (QED) is 0.0316. The first-order valence-corrected chi connectivity index (χ1v) is 18.8. The molecule has 1 N–H and O–H groups in total. The zero-order valence-electron chi connectivity index (χ0n) is 30.0. The number of furan rings is 2. The van der Waals surface area contributed by atoms with Crippen LogP contribution >= 0.6 is 15.5 Å². The molecule has 0 aliphatic rings. The van der Waals surface area contributed by atoms with E-state index < -0.39 is 49.0 Å². The van der Waals surface area contributed by atoms with Crippen molar-refractivity contribution in [3.63, 3.8) is 0 Å². The highest BCUT2D eigenvalue weighted by Gasteiger charge is 2.32. The summed E-state index contributed by atoms with van der Waals surface area (Å²) >= 11 is 0. The van der Waals surface area contributed by atoms with E-state index in [1.54, 1.807) is 36.4 Å². The number of carbonyl (C=O) groups excluding carboxylic acids is 1. The molecule has 2 heterocycles. The molecule has 0 amide bonds. The molecule has 2 aromatic carbocycles. The van der Waals surface area contributed by atoms with Gasteiger partial charge in [0.1, 0.15) is 52.7 Å². The molecule has 2 unspecified atom stereocenters. The lowest BCUT2D eigenvalue weighted by atomic mass is 10.1. The van der Waals surface area contributed by atoms with E-state index in [1.165, 1.54) is 80.0 Å². The van der Waals surface area contributed by atoms with Gasteiger partial charge >= 0.3 is 39.2 Å². The molecule has 20 nitrogen and oxygen atoms in total. The van der Waals surface area contributed by atoms with Crippen LogP contribution in [-0.2, 0) is 58.6 Å². The van der Waals surface area contributed by atoms with E-state index in [9.17, 15) is 38.9 Å². The van der Waals surface area contributed by atoms with E-state index in [4.69, 9.17) is 36.8 Å². The van der Waals surface area contributed by atoms with Crippen molar-refractivity contribution in [2.24, 2.45) is 0 Å². The molecule has 0 saturated heterocycles. The maximum Gasteiger partial charge on any atom is 0.461 e. The van der Waals surface area contributed by atoms with Crippen LogP contribution in [0, 0.1) is 20.2 Å². The Hall–Kier alpha value is -5.62. The second-order valence-electron chi connectivity index (χ2n) is 11.4. The normalized spacial score (nSPS) is 13.1. The number of benzene rings is 2. The van der Waals surface area contributed by atoms with Gasteiger partial charge < -0.3 is 27.7 Å². The van der Waals surface area contributed by atoms with E-state index in [1.807, 2.05) is 0 Å². The number of nitrogens with zero attached hydrogens (tertiary/aromatic N) is 4. The average Bonchev–Trinajstić information content (AvgIpc) is 3.82. The Labute approximate surface area is 314 Å². The van der Waals surface area contributed by atoms with Crippen LogP contribution in [0.15, 0.2) is 94.3 Å². The number of carboxylic acids is 1. The largest absolute Gasteiger partial charge is 0.481 e. The van der Waals surface area contributed by atoms with Gasteiger partial charge in [0.25, 0.3) is 0 Å². The van der Waals surface area contributed by atoms with Gasteiger partial charge in [-0.15, -0.1) is 0 Å². The summed E-state index contributed by atoms with van der Waals surface area (Å²) < 4.78 is 64.9. The number of rotatable bonds is 20. The van der Waals surface area contributed by atoms with Crippen molar-refractivity contribution in [3.05, 3.63) is 128 Å². The molecule has 22 heteroatoms. The molecule has 55 heavy (non-hydrogen) atoms. The standard InChI is InChI=1S/C18H21N2O8P.C15H17N2O8P/c1-4-11-25-18(21)12-14-5-7-15(8-6-14)28-29(24,19(2)3)26-13-16-9-10-17(27-16)20(22)23;1-16(2)26(22,23-10-13-7-8-14(24-13)17(20)21)25-12-5-3-11(4-6-12)9-15(18)19/h4-10H,1,11-13H2,2-3H3;3-8H,9-10H2,1-2H3,(H,18,19). The molecule has 0 saturated carbocycles. The smallest absolute Gasteiger partial charge is 0.461 e. The highest BCUT2D eigenvalue weighted by Crippen LogP contribution is 2.51. The SMILES string of the molecule is C=CCOC(=O)Cc1ccc(OP(=O)(OCc2ccc([N+](=O)[O-])o2)N(C)C)cc1.CN(C)P(=O)(OCc1ccc([N+](=O)[O-])o1)Oc1ccc(CC(=O)O)cc1. The van der Waals surface area contributed by atoms with Gasteiger partial charge in [-0.1, -0.05) is 36.9 Å². The molecule has 2 atom stereocenters. The van der Waals surface area contributed by atoms with Crippen molar-refractivity contribution in [2.75, 3.05) is 34.8 Å². The second kappa shape index (κ2) is 20.2. The monoisotopic (exact) mass is 808 g/mol. The summed E-state index contributed by atoms with van der Waals surface area (Å²) in [5, 5.41) is 30.0. The summed E-state index contributed by atoms with van der Waals surface area (Å²) in [4.78, 5) is 42.2. The lowest BCUT2D eigenvalue weighted by Crippen LogP contribution is -2.15. The molecule has 2 aromatic heterocycles. The maximum atomic E-state index is 13.0. The Morgan fingerprint density at radius 3 is 1.45 bits per heavy atom. The third kappa shape index (κ3) is 13.9. The van der Waals surface area contributed by atoms with Gasteiger partial charge in [-0.25, -0.2) is 18.5 Å². The number of carbonyl (C=O) groups is 2. The van der Waals surface area contributed by atoms with Crippen molar-refractivity contribution in [2.45, 2.75) is 26.1 Å². The Kier molecular flexibility index (Phi) is 16.1. The van der Waals surface area contributed by atoms with Crippen molar-refractivity contribution in [3.8, 4) is 11.5 Å². The Bertz CT molecular complexity index is 2030. The second-order valence-corrected chi connectivity index (χ2v) is 15.7. The predicted octanol–water partition coefficient (Wildman–Crippen LogP) is 6.81. The molecule has 4 aromatic rings. The Morgan fingerprint density at radius 1 is 0.727 bits per heavy atom. The minimum absolute atomic E-state index is 0.0766. The van der Waals surface area contributed by atoms with Crippen LogP contribution in [0.1, 0.15) is 22.6 Å². The molecule has 296 valence electrons. The Morgan fingerprint density at radius 2 is 1.13 bits per heavy atom. The molecule has 0 aliphatic heterocycles. The van der Waals surface area contributed by atoms with Crippen molar-refractivity contribution in [1.29, 1.82) is 0 Å². The van der Waals surface area contributed by atoms with Crippen LogP contribution in [-0.4, -0.2) is 71.0 Å². The number of carboxylic acid groups (broad SMARTS) is 1. The van der Waals surface area contributed by atoms with Gasteiger partial charge in [0.15, 0.2) is 0 Å². The van der Waals surface area contributed by atoms with Gasteiger partial charge in [0.05, 0.1) is 25.0 Å². The van der Waals surface area contributed by atoms with Crippen LogP contribution in [0.3, 0.4) is 0 Å². The summed E-state index contributed by atoms with van der Waals surface area (Å²) in [5.74, 6) is -1.50. The Balaban J connectivity index is 0.000000297. The topological polar surface area (TPSA) is 254 Å². The molecule has 0 bridgehead atoms. The zero-order valence-corrected chi connectivity index (χ0v) is 31.8. The third-order valence-corrected chi connectivity index (χ3v) is 10.5. The first kappa shape index (κ1) is 43.8. The molecular weight excluding hydrogens is 770 g/mol. The predicted molar refractivity (Wildman–Crippen MR) is 193 cm³/mol. The van der Waals surface area contributed by atoms with Gasteiger partial charge in [-0.05, 0) is 75.7 Å². The van der Waals surface area contributed by atoms with Crippen molar-refractivity contribution < 1.29 is 65.3 Å². The summed E-state index contributed by atoms with van der Waals surface area (Å²) in [6, 6.07) is 17.5. The number of aliphatic carboxylic acids is 1. The zero-order chi connectivity index (χ0) is 40.8. The number of ether oxygens (including phenoxy) is 1. The van der Waals surface area contributed by atoms with Crippen LogP contribution in [0.25, 0.3) is 0 Å². The van der Waals surface area contributed by atoms with Crippen molar-refractivity contribution in [1.82, 2.24) is 9.34 Å². The first-order valence-electron chi connectivity index (χ1n) is 15.8. The molecule has 0 aliphatic carbocycles. The third-order valence-electron chi connectivity index (χ3n) is 6.73. The number of hydrogen-bond acceptors (Lipinski definition) is 15. The van der Waals surface area contributed by atoms with Crippen LogP contribution < -0.4 is 9.05 Å². The van der Waals surface area contributed by atoms with Gasteiger partial charge in [0, 0.05) is 0 Å². The first-order chi connectivity index (χ1) is 25.9. The minimum Gasteiger partial charge on any atom is -0.481 e.